The van der Waals surface area contributed by atoms with E-state index in [2.05, 4.69) is 0 Å². The van der Waals surface area contributed by atoms with Gasteiger partial charge >= 0.3 is 0 Å². The number of rotatable bonds is 6. The van der Waals surface area contributed by atoms with Gasteiger partial charge in [-0.2, -0.15) is 0 Å². The first-order chi connectivity index (χ1) is 12.2. The van der Waals surface area contributed by atoms with Gasteiger partial charge in [-0.25, -0.2) is 8.42 Å². The van der Waals surface area contributed by atoms with Gasteiger partial charge in [0, 0.05) is 31.2 Å². The van der Waals surface area contributed by atoms with Crippen LogP contribution < -0.4 is 0 Å². The summed E-state index contributed by atoms with van der Waals surface area (Å²) in [5.74, 6) is -1.41. The molecule has 0 bridgehead atoms. The van der Waals surface area contributed by atoms with Crippen molar-refractivity contribution in [3.63, 3.8) is 0 Å². The largest absolute Gasteiger partial charge is 0.229 e. The zero-order valence-electron chi connectivity index (χ0n) is 13.1. The fourth-order valence-corrected chi connectivity index (χ4v) is 7.55. The lowest BCUT2D eigenvalue weighted by molar-refractivity contribution is 0.589. The van der Waals surface area contributed by atoms with Gasteiger partial charge in [0.2, 0.25) is 0 Å². The Hall–Kier alpha value is 0.710. The maximum absolute atomic E-state index is 12.7. The Balaban J connectivity index is 2.33. The number of benzene rings is 2. The van der Waals surface area contributed by atoms with Gasteiger partial charge in [0.05, 0.1) is 11.5 Å². The Bertz CT molecular complexity index is 885. The molecule has 0 aliphatic carbocycles. The summed E-state index contributed by atoms with van der Waals surface area (Å²) in [4.78, 5) is 0. The third-order valence-corrected chi connectivity index (χ3v) is 8.31. The van der Waals surface area contributed by atoms with Gasteiger partial charge < -0.3 is 0 Å². The Morgan fingerprint density at radius 3 is 1.33 bits per heavy atom. The molecule has 2 aromatic rings. The lowest BCUT2D eigenvalue weighted by Gasteiger charge is -2.25. The lowest BCUT2D eigenvalue weighted by atomic mass is 10.1. The van der Waals surface area contributed by atoms with E-state index in [1.54, 1.807) is 0 Å². The van der Waals surface area contributed by atoms with Crippen LogP contribution in [0.15, 0.2) is 36.4 Å². The Morgan fingerprint density at radius 2 is 1.00 bits per heavy atom. The van der Waals surface area contributed by atoms with Crippen LogP contribution in [0.5, 0.6) is 0 Å². The highest BCUT2D eigenvalue weighted by molar-refractivity contribution is 7.91. The van der Waals surface area contributed by atoms with Crippen molar-refractivity contribution in [3.8, 4) is 0 Å². The molecule has 11 heteroatoms. The number of alkyl halides is 4. The second-order valence-electron chi connectivity index (χ2n) is 5.69. The lowest BCUT2D eigenvalue weighted by Crippen LogP contribution is -2.31. The SMILES string of the molecule is O=S(=O)(CC(Cl)(Cl)c1cc(Cl)ccc1Cl)CC(Cl)(Cl)c1cc(Cl)ccc1Cl. The van der Waals surface area contributed by atoms with Crippen molar-refractivity contribution in [1.29, 1.82) is 0 Å². The molecule has 2 nitrogen and oxygen atoms in total. The highest BCUT2D eigenvalue weighted by atomic mass is 35.5. The van der Waals surface area contributed by atoms with Crippen LogP contribution in [-0.4, -0.2) is 19.9 Å². The van der Waals surface area contributed by atoms with E-state index >= 15 is 0 Å². The van der Waals surface area contributed by atoms with E-state index in [0.29, 0.717) is 10.0 Å². The standard InChI is InChI=1S/C16H10Cl8O2S/c17-9-1-3-13(19)11(5-9)15(21,22)7-27(25,26)8-16(23,24)12-6-10(18)2-4-14(12)20/h1-6H,7-8H2. The molecule has 0 aliphatic rings. The molecule has 0 spiro atoms. The van der Waals surface area contributed by atoms with Gasteiger partial charge in [-0.3, -0.25) is 0 Å². The highest BCUT2D eigenvalue weighted by Crippen LogP contribution is 2.44. The molecule has 27 heavy (non-hydrogen) atoms. The minimum Gasteiger partial charge on any atom is -0.229 e. The maximum Gasteiger partial charge on any atom is 0.158 e. The van der Waals surface area contributed by atoms with Crippen LogP contribution in [0.2, 0.25) is 20.1 Å². The van der Waals surface area contributed by atoms with Crippen LogP contribution in [0.25, 0.3) is 0 Å². The van der Waals surface area contributed by atoms with E-state index < -0.39 is 30.0 Å². The summed E-state index contributed by atoms with van der Waals surface area (Å²) in [7, 11) is -3.98. The molecule has 148 valence electrons. The summed E-state index contributed by atoms with van der Waals surface area (Å²) in [5.41, 5.74) is 0.304. The quantitative estimate of drug-likeness (QED) is 0.346. The van der Waals surface area contributed by atoms with Gasteiger partial charge in [-0.1, -0.05) is 92.8 Å². The van der Waals surface area contributed by atoms with Crippen molar-refractivity contribution >= 4 is 103 Å². The van der Waals surface area contributed by atoms with Crippen molar-refractivity contribution in [1.82, 2.24) is 0 Å². The molecule has 2 aromatic carbocycles. The fraction of sp³-hybridized carbons (Fsp3) is 0.250. The molecule has 2 rings (SSSR count). The predicted molar refractivity (Wildman–Crippen MR) is 118 cm³/mol. The highest BCUT2D eigenvalue weighted by Gasteiger charge is 2.41. The maximum atomic E-state index is 12.7. The first-order valence-electron chi connectivity index (χ1n) is 7.11. The van der Waals surface area contributed by atoms with Crippen molar-refractivity contribution in [2.45, 2.75) is 8.67 Å². The molecule has 0 heterocycles. The minimum atomic E-state index is -3.98. The summed E-state index contributed by atoms with van der Waals surface area (Å²) in [6.07, 6.45) is 0. The summed E-state index contributed by atoms with van der Waals surface area (Å²) >= 11 is 49.0. The topological polar surface area (TPSA) is 34.1 Å². The smallest absolute Gasteiger partial charge is 0.158 e. The van der Waals surface area contributed by atoms with Crippen LogP contribution in [-0.2, 0) is 18.5 Å². The number of halogens is 8. The number of hydrogen-bond acceptors (Lipinski definition) is 2. The molecule has 0 fully saturated rings. The predicted octanol–water partition coefficient (Wildman–Crippen LogP) is 7.68. The molecule has 0 N–H and O–H groups in total. The number of sulfone groups is 1. The van der Waals surface area contributed by atoms with E-state index in [-0.39, 0.29) is 21.2 Å². The molecule has 0 unspecified atom stereocenters. The van der Waals surface area contributed by atoms with Crippen LogP contribution in [0, 0.1) is 0 Å². The number of hydrogen-bond donors (Lipinski definition) is 0. The van der Waals surface area contributed by atoms with Crippen LogP contribution in [0.3, 0.4) is 0 Å². The Kier molecular flexibility index (Phi) is 7.85. The van der Waals surface area contributed by atoms with Crippen molar-refractivity contribution in [3.05, 3.63) is 67.6 Å². The van der Waals surface area contributed by atoms with E-state index in [9.17, 15) is 8.42 Å². The van der Waals surface area contributed by atoms with E-state index in [0.717, 1.165) is 0 Å². The molecular formula is C16H10Cl8O2S. The van der Waals surface area contributed by atoms with Crippen molar-refractivity contribution in [2.24, 2.45) is 0 Å². The Labute approximate surface area is 197 Å². The Morgan fingerprint density at radius 1 is 0.667 bits per heavy atom. The molecule has 0 saturated carbocycles. The zero-order valence-corrected chi connectivity index (χ0v) is 20.0. The summed E-state index contributed by atoms with van der Waals surface area (Å²) in [6.45, 7) is 0. The third-order valence-electron chi connectivity index (χ3n) is 3.45. The average Bonchev–Trinajstić information content (AvgIpc) is 2.49. The molecule has 0 aliphatic heterocycles. The van der Waals surface area contributed by atoms with Gasteiger partial charge in [-0.15, -0.1) is 0 Å². The molecule has 0 atom stereocenters. The third kappa shape index (κ3) is 6.34. The van der Waals surface area contributed by atoms with Gasteiger partial charge in [0.25, 0.3) is 0 Å². The second kappa shape index (κ2) is 8.83. The second-order valence-corrected chi connectivity index (χ2v) is 12.4. The summed E-state index contributed by atoms with van der Waals surface area (Å²) < 4.78 is 21.7. The van der Waals surface area contributed by atoms with Crippen molar-refractivity contribution in [2.75, 3.05) is 11.5 Å². The van der Waals surface area contributed by atoms with Crippen LogP contribution >= 0.6 is 92.8 Å². The molecule has 0 saturated heterocycles. The zero-order chi connectivity index (χ0) is 20.6. The molecule has 0 radical (unpaired) electrons. The summed E-state index contributed by atoms with van der Waals surface area (Å²) in [5, 5.41) is 0.931. The monoisotopic (exact) mass is 546 g/mol. The van der Waals surface area contributed by atoms with Gasteiger partial charge in [0.1, 0.15) is 0 Å². The molecular weight excluding hydrogens is 540 g/mol. The average molecular weight is 550 g/mol. The van der Waals surface area contributed by atoms with Crippen molar-refractivity contribution < 1.29 is 8.42 Å². The fourth-order valence-electron chi connectivity index (χ4n) is 2.31. The normalized spacial score (nSPS) is 13.0. The van der Waals surface area contributed by atoms with Gasteiger partial charge in [-0.05, 0) is 36.4 Å². The van der Waals surface area contributed by atoms with E-state index in [1.807, 2.05) is 0 Å². The first-order valence-corrected chi connectivity index (χ1v) is 12.0. The summed E-state index contributed by atoms with van der Waals surface area (Å²) in [6, 6.07) is 8.75. The molecule has 0 amide bonds. The van der Waals surface area contributed by atoms with Crippen LogP contribution in [0.1, 0.15) is 11.1 Å². The van der Waals surface area contributed by atoms with E-state index in [1.165, 1.54) is 36.4 Å². The van der Waals surface area contributed by atoms with Crippen LogP contribution in [0.4, 0.5) is 0 Å². The molecule has 0 aromatic heterocycles. The van der Waals surface area contributed by atoms with E-state index in [4.69, 9.17) is 92.8 Å². The van der Waals surface area contributed by atoms with Gasteiger partial charge in [0.15, 0.2) is 18.5 Å². The minimum absolute atomic E-state index is 0.152. The first kappa shape index (κ1) is 24.0.